The van der Waals surface area contributed by atoms with Crippen LogP contribution < -0.4 is 4.74 Å². The van der Waals surface area contributed by atoms with Gasteiger partial charge in [0.25, 0.3) is 0 Å². The van der Waals surface area contributed by atoms with Gasteiger partial charge in [-0.25, -0.2) is 13.2 Å². The minimum absolute atomic E-state index is 0.0150. The summed E-state index contributed by atoms with van der Waals surface area (Å²) in [6.45, 7) is 2.21. The molecule has 1 aromatic rings. The zero-order valence-electron chi connectivity index (χ0n) is 14.6. The number of ketones is 1. The topological polar surface area (TPSA) is 99.2 Å². The van der Waals surface area contributed by atoms with E-state index in [2.05, 4.69) is 0 Å². The number of methoxy groups -OCH3 is 1. The van der Waals surface area contributed by atoms with Gasteiger partial charge in [-0.2, -0.15) is 4.31 Å². The van der Waals surface area contributed by atoms with Gasteiger partial charge in [0.15, 0.2) is 5.78 Å². The second kappa shape index (κ2) is 8.93. The molecule has 1 fully saturated rings. The summed E-state index contributed by atoms with van der Waals surface area (Å²) >= 11 is 0. The SMILES string of the molecule is COc1ccc(C=CC(=O)OCC(C)=O)cc1S(=O)(=O)N1CCOCC1. The maximum absolute atomic E-state index is 12.9. The molecule has 1 aliphatic rings. The first kappa shape index (κ1) is 20.1. The van der Waals surface area contributed by atoms with Crippen LogP contribution in [0.5, 0.6) is 5.75 Å². The van der Waals surface area contributed by atoms with Gasteiger partial charge in [0.2, 0.25) is 10.0 Å². The van der Waals surface area contributed by atoms with Crippen molar-refractivity contribution in [1.82, 2.24) is 4.31 Å². The zero-order chi connectivity index (χ0) is 19.2. The van der Waals surface area contributed by atoms with Gasteiger partial charge in [0.1, 0.15) is 17.3 Å². The molecule has 0 atom stereocenters. The third-order valence-electron chi connectivity index (χ3n) is 3.61. The number of morpholine rings is 1. The van der Waals surface area contributed by atoms with Crippen molar-refractivity contribution in [2.75, 3.05) is 40.0 Å². The molecule has 0 spiro atoms. The Kier molecular flexibility index (Phi) is 6.90. The molecular formula is C17H21NO7S. The number of carbonyl (C=O) groups excluding carboxylic acids is 2. The van der Waals surface area contributed by atoms with E-state index in [1.54, 1.807) is 6.07 Å². The van der Waals surface area contributed by atoms with Gasteiger partial charge in [-0.3, -0.25) is 4.79 Å². The Hall–Kier alpha value is -2.23. The fourth-order valence-electron chi connectivity index (χ4n) is 2.31. The Bertz CT molecular complexity index is 795. The summed E-state index contributed by atoms with van der Waals surface area (Å²) in [7, 11) is -2.36. The maximum Gasteiger partial charge on any atom is 0.331 e. The molecule has 2 rings (SSSR count). The third-order valence-corrected chi connectivity index (χ3v) is 5.52. The highest BCUT2D eigenvalue weighted by Crippen LogP contribution is 2.28. The smallest absolute Gasteiger partial charge is 0.331 e. The largest absolute Gasteiger partial charge is 0.495 e. The molecule has 0 aromatic heterocycles. The van der Waals surface area contributed by atoms with Gasteiger partial charge in [-0.1, -0.05) is 6.07 Å². The molecule has 26 heavy (non-hydrogen) atoms. The van der Waals surface area contributed by atoms with Crippen LogP contribution in [0, 0.1) is 0 Å². The first-order chi connectivity index (χ1) is 12.3. The predicted octanol–water partition coefficient (Wildman–Crippen LogP) is 0.861. The van der Waals surface area contributed by atoms with Crippen LogP contribution >= 0.6 is 0 Å². The average molecular weight is 383 g/mol. The van der Waals surface area contributed by atoms with Gasteiger partial charge in [-0.15, -0.1) is 0 Å². The van der Waals surface area contributed by atoms with Crippen molar-refractivity contribution in [3.8, 4) is 5.75 Å². The number of esters is 1. The Morgan fingerprint density at radius 1 is 1.27 bits per heavy atom. The van der Waals surface area contributed by atoms with Gasteiger partial charge in [-0.05, 0) is 30.7 Å². The lowest BCUT2D eigenvalue weighted by Gasteiger charge is -2.26. The predicted molar refractivity (Wildman–Crippen MR) is 93.2 cm³/mol. The first-order valence-electron chi connectivity index (χ1n) is 7.95. The number of hydrogen-bond acceptors (Lipinski definition) is 7. The molecule has 0 N–H and O–H groups in total. The normalized spacial score (nSPS) is 15.8. The van der Waals surface area contributed by atoms with Gasteiger partial charge in [0.05, 0.1) is 20.3 Å². The molecule has 9 heteroatoms. The molecule has 1 saturated heterocycles. The fourth-order valence-corrected chi connectivity index (χ4v) is 3.91. The molecule has 0 aliphatic carbocycles. The van der Waals surface area contributed by atoms with Crippen molar-refractivity contribution in [2.45, 2.75) is 11.8 Å². The van der Waals surface area contributed by atoms with E-state index in [1.807, 2.05) is 0 Å². The lowest BCUT2D eigenvalue weighted by atomic mass is 10.2. The quantitative estimate of drug-likeness (QED) is 0.509. The average Bonchev–Trinajstić information content (AvgIpc) is 2.65. The third kappa shape index (κ3) is 5.13. The van der Waals surface area contributed by atoms with Crippen LogP contribution in [0.1, 0.15) is 12.5 Å². The van der Waals surface area contributed by atoms with E-state index in [0.29, 0.717) is 18.8 Å². The van der Waals surface area contributed by atoms with Crippen molar-refractivity contribution < 1.29 is 32.2 Å². The molecule has 0 amide bonds. The second-order valence-corrected chi connectivity index (χ2v) is 7.48. The maximum atomic E-state index is 12.9. The van der Waals surface area contributed by atoms with E-state index >= 15 is 0 Å². The molecule has 142 valence electrons. The van der Waals surface area contributed by atoms with E-state index in [-0.39, 0.29) is 36.1 Å². The molecule has 0 bridgehead atoms. The first-order valence-corrected chi connectivity index (χ1v) is 9.39. The molecule has 8 nitrogen and oxygen atoms in total. The van der Waals surface area contributed by atoms with Crippen LogP contribution in [-0.4, -0.2) is 64.5 Å². The summed E-state index contributed by atoms with van der Waals surface area (Å²) in [5, 5.41) is 0. The minimum atomic E-state index is -3.75. The van der Waals surface area contributed by atoms with Crippen molar-refractivity contribution >= 4 is 27.9 Å². The van der Waals surface area contributed by atoms with E-state index in [1.165, 1.54) is 36.5 Å². The number of ether oxygens (including phenoxy) is 3. The highest BCUT2D eigenvalue weighted by atomic mass is 32.2. The molecule has 0 unspecified atom stereocenters. The summed E-state index contributed by atoms with van der Waals surface area (Å²) in [5.41, 5.74) is 0.484. The molecule has 1 aliphatic heterocycles. The Morgan fingerprint density at radius 2 is 1.96 bits per heavy atom. The number of rotatable bonds is 7. The van der Waals surface area contributed by atoms with E-state index < -0.39 is 16.0 Å². The lowest BCUT2D eigenvalue weighted by Crippen LogP contribution is -2.40. The number of Topliss-reactive ketones (excluding diaryl/α,β-unsaturated/α-hetero) is 1. The van der Waals surface area contributed by atoms with E-state index in [0.717, 1.165) is 6.08 Å². The number of carbonyl (C=O) groups is 2. The summed E-state index contributed by atoms with van der Waals surface area (Å²) in [5.74, 6) is -0.739. The summed E-state index contributed by atoms with van der Waals surface area (Å²) in [6, 6.07) is 4.57. The molecule has 0 radical (unpaired) electrons. The van der Waals surface area contributed by atoms with E-state index in [9.17, 15) is 18.0 Å². The Morgan fingerprint density at radius 3 is 2.58 bits per heavy atom. The number of sulfonamides is 1. The number of hydrogen-bond donors (Lipinski definition) is 0. The molecule has 1 aromatic carbocycles. The van der Waals surface area contributed by atoms with Crippen LogP contribution in [0.15, 0.2) is 29.2 Å². The van der Waals surface area contributed by atoms with Crippen molar-refractivity contribution in [2.24, 2.45) is 0 Å². The lowest BCUT2D eigenvalue weighted by molar-refractivity contribution is -0.142. The van der Waals surface area contributed by atoms with Crippen LogP contribution in [0.2, 0.25) is 0 Å². The highest BCUT2D eigenvalue weighted by molar-refractivity contribution is 7.89. The van der Waals surface area contributed by atoms with Crippen LogP contribution in [0.4, 0.5) is 0 Å². The van der Waals surface area contributed by atoms with Gasteiger partial charge in [0, 0.05) is 19.2 Å². The molecule has 1 heterocycles. The minimum Gasteiger partial charge on any atom is -0.495 e. The summed E-state index contributed by atoms with van der Waals surface area (Å²) in [6.07, 6.45) is 2.55. The van der Waals surface area contributed by atoms with Gasteiger partial charge < -0.3 is 14.2 Å². The second-order valence-electron chi connectivity index (χ2n) is 5.57. The van der Waals surface area contributed by atoms with Crippen molar-refractivity contribution in [3.05, 3.63) is 29.8 Å². The van der Waals surface area contributed by atoms with E-state index in [4.69, 9.17) is 14.2 Å². The Balaban J connectivity index is 2.25. The molecular weight excluding hydrogens is 362 g/mol. The Labute approximate surface area is 152 Å². The fraction of sp³-hybridized carbons (Fsp3) is 0.412. The van der Waals surface area contributed by atoms with Crippen molar-refractivity contribution in [3.63, 3.8) is 0 Å². The zero-order valence-corrected chi connectivity index (χ0v) is 15.5. The number of nitrogens with zero attached hydrogens (tertiary/aromatic N) is 1. The number of benzene rings is 1. The van der Waals surface area contributed by atoms with Gasteiger partial charge >= 0.3 is 5.97 Å². The standard InChI is InChI=1S/C17H21NO7S/c1-13(19)12-25-17(20)6-4-14-3-5-15(23-2)16(11-14)26(21,22)18-7-9-24-10-8-18/h3-6,11H,7-10,12H2,1-2H3. The van der Waals surface area contributed by atoms with Crippen LogP contribution in [0.3, 0.4) is 0 Å². The monoisotopic (exact) mass is 383 g/mol. The summed E-state index contributed by atoms with van der Waals surface area (Å²) in [4.78, 5) is 22.4. The van der Waals surface area contributed by atoms with Crippen LogP contribution in [0.25, 0.3) is 6.08 Å². The molecule has 0 saturated carbocycles. The highest BCUT2D eigenvalue weighted by Gasteiger charge is 2.29. The van der Waals surface area contributed by atoms with Crippen LogP contribution in [-0.2, 0) is 29.1 Å². The van der Waals surface area contributed by atoms with Crippen molar-refractivity contribution in [1.29, 1.82) is 0 Å². The summed E-state index contributed by atoms with van der Waals surface area (Å²) < 4.78 is 42.2.